The molecule has 0 unspecified atom stereocenters. The molecule has 1 heterocycles. The van der Waals surface area contributed by atoms with E-state index in [1.54, 1.807) is 27.7 Å². The van der Waals surface area contributed by atoms with Crippen molar-refractivity contribution >= 4 is 37.5 Å². The van der Waals surface area contributed by atoms with Crippen molar-refractivity contribution in [2.75, 3.05) is 10.7 Å². The highest BCUT2D eigenvalue weighted by Crippen LogP contribution is 2.32. The van der Waals surface area contributed by atoms with E-state index < -0.39 is 22.0 Å². The van der Waals surface area contributed by atoms with E-state index in [-0.39, 0.29) is 9.79 Å². The Labute approximate surface area is 167 Å². The predicted molar refractivity (Wildman–Crippen MR) is 106 cm³/mol. The second kappa shape index (κ2) is 7.89. The molecule has 0 radical (unpaired) electrons. The van der Waals surface area contributed by atoms with E-state index in [1.165, 1.54) is 23.0 Å². The highest BCUT2D eigenvalue weighted by Gasteiger charge is 2.32. The Hall–Kier alpha value is -2.07. The van der Waals surface area contributed by atoms with Crippen molar-refractivity contribution in [3.63, 3.8) is 0 Å². The van der Waals surface area contributed by atoms with Crippen molar-refractivity contribution < 1.29 is 18.3 Å². The second-order valence-electron chi connectivity index (χ2n) is 6.23. The summed E-state index contributed by atoms with van der Waals surface area (Å²) in [6.45, 7) is 6.95. The molecule has 0 aliphatic heterocycles. The molecule has 10 heteroatoms. The molecule has 1 amide bonds. The van der Waals surface area contributed by atoms with Crippen LogP contribution in [0.2, 0.25) is 0 Å². The monoisotopic (exact) mass is 458 g/mol. The number of hydrogen-bond acceptors (Lipinski definition) is 5. The lowest BCUT2D eigenvalue weighted by atomic mass is 10.2. The zero-order chi connectivity index (χ0) is 20.5. The van der Waals surface area contributed by atoms with Gasteiger partial charge in [0.2, 0.25) is 9.84 Å². The van der Waals surface area contributed by atoms with E-state index >= 15 is 0 Å². The van der Waals surface area contributed by atoms with E-state index in [2.05, 4.69) is 21.0 Å². The predicted octanol–water partition coefficient (Wildman–Crippen LogP) is 3.21. The van der Waals surface area contributed by atoms with Gasteiger partial charge in [0, 0.05) is 10.2 Å². The summed E-state index contributed by atoms with van der Waals surface area (Å²) in [5.74, 6) is 0. The molecule has 8 nitrogen and oxygen atoms in total. The maximum absolute atomic E-state index is 13.4. The van der Waals surface area contributed by atoms with Crippen molar-refractivity contribution in [2.24, 2.45) is 0 Å². The lowest BCUT2D eigenvalue weighted by Crippen LogP contribution is -2.46. The van der Waals surface area contributed by atoms with Gasteiger partial charge in [-0.2, -0.15) is 14.9 Å². The summed E-state index contributed by atoms with van der Waals surface area (Å²) in [6.07, 6.45) is -0.561. The molecule has 2 aromatic rings. The number of hydrogen-bond donors (Lipinski definition) is 2. The minimum atomic E-state index is -3.92. The molecular weight excluding hydrogens is 436 g/mol. The van der Waals surface area contributed by atoms with E-state index in [4.69, 9.17) is 5.73 Å². The number of halogens is 1. The van der Waals surface area contributed by atoms with Crippen LogP contribution in [0.1, 0.15) is 39.1 Å². The number of rotatable bonds is 6. The van der Waals surface area contributed by atoms with Crippen molar-refractivity contribution in [3.8, 4) is 0 Å². The Morgan fingerprint density at radius 2 is 1.96 bits per heavy atom. The number of nitrogens with two attached hydrogens (primary N) is 1. The van der Waals surface area contributed by atoms with E-state index in [9.17, 15) is 18.3 Å². The van der Waals surface area contributed by atoms with Gasteiger partial charge in [-0.15, -0.1) is 0 Å². The standard InChI is InChI=1S/C17H23BrN4O4S/c1-5-14-16(27(25,26)11-7-8-13(19)12(18)9-11)15(6-2)22(20-14)21(10(3)4)17(23)24/h7-10H,5-6,19H2,1-4H3,(H,23,24). The summed E-state index contributed by atoms with van der Waals surface area (Å²) in [5, 5.41) is 14.9. The first kappa shape index (κ1) is 21.2. The molecule has 3 N–H and O–H groups in total. The summed E-state index contributed by atoms with van der Waals surface area (Å²) in [6, 6.07) is 3.97. The first-order valence-corrected chi connectivity index (χ1v) is 10.8. The van der Waals surface area contributed by atoms with Crippen LogP contribution in [0.5, 0.6) is 0 Å². The first-order valence-electron chi connectivity index (χ1n) is 8.49. The molecule has 1 aromatic heterocycles. The minimum Gasteiger partial charge on any atom is -0.464 e. The molecule has 0 spiro atoms. The Bertz CT molecular complexity index is 970. The first-order chi connectivity index (χ1) is 12.6. The van der Waals surface area contributed by atoms with Crippen molar-refractivity contribution in [1.82, 2.24) is 9.89 Å². The van der Waals surface area contributed by atoms with E-state index in [0.29, 0.717) is 34.4 Å². The molecular formula is C17H23BrN4O4S. The fraction of sp³-hybridized carbons (Fsp3) is 0.412. The van der Waals surface area contributed by atoms with Crippen LogP contribution >= 0.6 is 15.9 Å². The zero-order valence-corrected chi connectivity index (χ0v) is 18.0. The van der Waals surface area contributed by atoms with Crippen molar-refractivity contribution in [1.29, 1.82) is 0 Å². The minimum absolute atomic E-state index is 0.0519. The van der Waals surface area contributed by atoms with Crippen LogP contribution in [0.3, 0.4) is 0 Å². The Morgan fingerprint density at radius 1 is 1.33 bits per heavy atom. The van der Waals surface area contributed by atoms with Crippen molar-refractivity contribution in [2.45, 2.75) is 56.4 Å². The van der Waals surface area contributed by atoms with E-state index in [1.807, 2.05) is 0 Å². The van der Waals surface area contributed by atoms with Gasteiger partial charge in [0.1, 0.15) is 4.90 Å². The van der Waals surface area contributed by atoms with Gasteiger partial charge >= 0.3 is 6.09 Å². The maximum Gasteiger partial charge on any atom is 0.428 e. The Morgan fingerprint density at radius 3 is 2.41 bits per heavy atom. The number of carbonyl (C=O) groups is 1. The lowest BCUT2D eigenvalue weighted by molar-refractivity contribution is 0.189. The summed E-state index contributed by atoms with van der Waals surface area (Å²) in [5.41, 5.74) is 6.84. The number of benzene rings is 1. The third-order valence-corrected chi connectivity index (χ3v) is 6.66. The third-order valence-electron chi connectivity index (χ3n) is 4.09. The van der Waals surface area contributed by atoms with Crippen LogP contribution in [0.25, 0.3) is 0 Å². The summed E-state index contributed by atoms with van der Waals surface area (Å²) in [4.78, 5) is 13.0. The smallest absolute Gasteiger partial charge is 0.428 e. The molecule has 0 fully saturated rings. The summed E-state index contributed by atoms with van der Waals surface area (Å²) in [7, 11) is -3.92. The van der Waals surface area contributed by atoms with Gasteiger partial charge in [-0.05, 0) is 60.8 Å². The highest BCUT2D eigenvalue weighted by atomic mass is 79.9. The number of carboxylic acid groups (broad SMARTS) is 1. The van der Waals surface area contributed by atoms with Gasteiger partial charge in [-0.3, -0.25) is 0 Å². The molecule has 0 aliphatic carbocycles. The third kappa shape index (κ3) is 3.81. The average Bonchev–Trinajstić information content (AvgIpc) is 2.95. The van der Waals surface area contributed by atoms with Crippen LogP contribution in [0.4, 0.5) is 10.5 Å². The largest absolute Gasteiger partial charge is 0.464 e. The SMILES string of the molecule is CCc1nn(N(C(=O)O)C(C)C)c(CC)c1S(=O)(=O)c1ccc(N)c(Br)c1. The Kier molecular flexibility index (Phi) is 6.21. The second-order valence-corrected chi connectivity index (χ2v) is 8.97. The number of nitrogens with zero attached hydrogens (tertiary/aromatic N) is 3. The molecule has 0 saturated heterocycles. The molecule has 1 aromatic carbocycles. The highest BCUT2D eigenvalue weighted by molar-refractivity contribution is 9.10. The number of aromatic nitrogens is 2. The topological polar surface area (TPSA) is 119 Å². The molecule has 148 valence electrons. The molecule has 0 atom stereocenters. The van der Waals surface area contributed by atoms with Crippen molar-refractivity contribution in [3.05, 3.63) is 34.1 Å². The van der Waals surface area contributed by atoms with Crippen LogP contribution < -0.4 is 10.7 Å². The molecule has 0 saturated carbocycles. The lowest BCUT2D eigenvalue weighted by Gasteiger charge is -2.24. The maximum atomic E-state index is 13.4. The van der Waals surface area contributed by atoms with Crippen LogP contribution in [-0.2, 0) is 22.7 Å². The molecule has 27 heavy (non-hydrogen) atoms. The van der Waals surface area contributed by atoms with Crippen LogP contribution in [-0.4, -0.2) is 35.5 Å². The van der Waals surface area contributed by atoms with Crippen LogP contribution in [0.15, 0.2) is 32.5 Å². The van der Waals surface area contributed by atoms with Gasteiger partial charge in [0.15, 0.2) is 0 Å². The fourth-order valence-corrected chi connectivity index (χ4v) is 5.13. The molecule has 2 rings (SSSR count). The van der Waals surface area contributed by atoms with Gasteiger partial charge in [0.25, 0.3) is 0 Å². The number of aryl methyl sites for hydroxylation is 1. The fourth-order valence-electron chi connectivity index (χ4n) is 2.81. The molecule has 0 aliphatic rings. The number of nitrogen functional groups attached to an aromatic ring is 1. The Balaban J connectivity index is 2.79. The quantitative estimate of drug-likeness (QED) is 0.641. The van der Waals surface area contributed by atoms with Gasteiger partial charge in [0.05, 0.1) is 22.3 Å². The van der Waals surface area contributed by atoms with E-state index in [0.717, 1.165) is 5.01 Å². The number of anilines is 1. The number of sulfone groups is 1. The summed E-state index contributed by atoms with van der Waals surface area (Å²) >= 11 is 3.25. The zero-order valence-electron chi connectivity index (χ0n) is 15.6. The van der Waals surface area contributed by atoms with Gasteiger partial charge < -0.3 is 10.8 Å². The summed E-state index contributed by atoms with van der Waals surface area (Å²) < 4.78 is 27.2. The van der Waals surface area contributed by atoms with Gasteiger partial charge in [-0.1, -0.05) is 13.8 Å². The molecule has 0 bridgehead atoms. The van der Waals surface area contributed by atoms with Gasteiger partial charge in [-0.25, -0.2) is 13.2 Å². The normalized spacial score (nSPS) is 11.8. The number of amides is 1. The average molecular weight is 459 g/mol. The van der Waals surface area contributed by atoms with Crippen LogP contribution in [0, 0.1) is 0 Å².